The molecule has 0 atom stereocenters. The van der Waals surface area contributed by atoms with E-state index in [1.54, 1.807) is 22.8 Å². The van der Waals surface area contributed by atoms with Gasteiger partial charge in [0, 0.05) is 29.7 Å². The van der Waals surface area contributed by atoms with Crippen LogP contribution in [0, 0.1) is 5.82 Å². The van der Waals surface area contributed by atoms with E-state index >= 15 is 0 Å². The van der Waals surface area contributed by atoms with Crippen molar-refractivity contribution in [3.63, 3.8) is 0 Å². The van der Waals surface area contributed by atoms with Gasteiger partial charge in [0.05, 0.1) is 5.52 Å². The number of halogens is 2. The number of hydrogen-bond donors (Lipinski definition) is 0. The van der Waals surface area contributed by atoms with Crippen LogP contribution in [0.2, 0.25) is 0 Å². The molecule has 0 bridgehead atoms. The summed E-state index contributed by atoms with van der Waals surface area (Å²) in [6.45, 7) is 1.56. The number of hydrogen-bond acceptors (Lipinski definition) is 3. The summed E-state index contributed by atoms with van der Waals surface area (Å²) in [7, 11) is 1.90. The number of rotatable bonds is 5. The second kappa shape index (κ2) is 6.68. The quantitative estimate of drug-likeness (QED) is 0.680. The molecule has 120 valence electrons. The highest BCUT2D eigenvalue weighted by atomic mass is 79.9. The molecule has 3 rings (SSSR count). The number of oxazole rings is 1. The van der Waals surface area contributed by atoms with Crippen molar-refractivity contribution in [2.75, 3.05) is 13.6 Å². The fraction of sp³-hybridized carbons (Fsp3) is 0.235. The smallest absolute Gasteiger partial charge is 0.408 e. The van der Waals surface area contributed by atoms with Crippen molar-refractivity contribution in [3.05, 3.63) is 68.9 Å². The molecular weight excluding hydrogens is 363 g/mol. The standard InChI is InChI=1S/C17H16BrFN2O2/c1-20(11-12-10-13(18)6-7-14(12)19)8-9-21-15-4-2-3-5-16(15)23-17(21)22/h2-7,10H,8-9,11H2,1H3. The summed E-state index contributed by atoms with van der Waals surface area (Å²) < 4.78 is 21.5. The molecule has 0 radical (unpaired) electrons. The predicted molar refractivity (Wildman–Crippen MR) is 90.9 cm³/mol. The Morgan fingerprint density at radius 2 is 2.04 bits per heavy atom. The van der Waals surface area contributed by atoms with Gasteiger partial charge in [-0.1, -0.05) is 28.1 Å². The number of para-hydroxylation sites is 2. The summed E-state index contributed by atoms with van der Waals surface area (Å²) in [5.41, 5.74) is 1.98. The SMILES string of the molecule is CN(CCn1c(=O)oc2ccccc21)Cc1cc(Br)ccc1F. The van der Waals surface area contributed by atoms with Crippen molar-refractivity contribution >= 4 is 27.0 Å². The zero-order valence-electron chi connectivity index (χ0n) is 12.6. The van der Waals surface area contributed by atoms with Crippen LogP contribution in [0.1, 0.15) is 5.56 Å². The van der Waals surface area contributed by atoms with Gasteiger partial charge in [-0.3, -0.25) is 4.57 Å². The minimum Gasteiger partial charge on any atom is -0.408 e. The number of fused-ring (bicyclic) bond motifs is 1. The average molecular weight is 379 g/mol. The summed E-state index contributed by atoms with van der Waals surface area (Å²) in [4.78, 5) is 13.9. The Morgan fingerprint density at radius 1 is 1.26 bits per heavy atom. The minimum atomic E-state index is -0.367. The normalized spacial score (nSPS) is 11.5. The van der Waals surface area contributed by atoms with Gasteiger partial charge in [0.15, 0.2) is 5.58 Å². The van der Waals surface area contributed by atoms with Crippen LogP contribution in [0.3, 0.4) is 0 Å². The van der Waals surface area contributed by atoms with Crippen LogP contribution in [0.5, 0.6) is 0 Å². The molecular formula is C17H16BrFN2O2. The van der Waals surface area contributed by atoms with Crippen molar-refractivity contribution in [2.45, 2.75) is 13.1 Å². The second-order valence-corrected chi connectivity index (χ2v) is 6.38. The largest absolute Gasteiger partial charge is 0.419 e. The molecule has 23 heavy (non-hydrogen) atoms. The highest BCUT2D eigenvalue weighted by Crippen LogP contribution is 2.17. The van der Waals surface area contributed by atoms with Gasteiger partial charge in [-0.25, -0.2) is 9.18 Å². The van der Waals surface area contributed by atoms with Gasteiger partial charge < -0.3 is 9.32 Å². The molecule has 0 aliphatic rings. The topological polar surface area (TPSA) is 38.4 Å². The average Bonchev–Trinajstić information content (AvgIpc) is 2.84. The third kappa shape index (κ3) is 3.54. The van der Waals surface area contributed by atoms with Crippen molar-refractivity contribution in [1.29, 1.82) is 0 Å². The molecule has 0 aliphatic heterocycles. The lowest BCUT2D eigenvalue weighted by molar-refractivity contribution is 0.303. The van der Waals surface area contributed by atoms with Gasteiger partial charge >= 0.3 is 5.76 Å². The van der Waals surface area contributed by atoms with Gasteiger partial charge in [0.2, 0.25) is 0 Å². The van der Waals surface area contributed by atoms with Crippen LogP contribution in [-0.4, -0.2) is 23.1 Å². The molecule has 1 aromatic heterocycles. The van der Waals surface area contributed by atoms with Gasteiger partial charge in [0.1, 0.15) is 5.82 Å². The predicted octanol–water partition coefficient (Wildman–Crippen LogP) is 3.63. The number of aromatic nitrogens is 1. The van der Waals surface area contributed by atoms with E-state index in [-0.39, 0.29) is 11.6 Å². The lowest BCUT2D eigenvalue weighted by atomic mass is 10.2. The molecule has 0 spiro atoms. The van der Waals surface area contributed by atoms with Crippen LogP contribution in [0.4, 0.5) is 4.39 Å². The molecule has 0 N–H and O–H groups in total. The fourth-order valence-electron chi connectivity index (χ4n) is 2.53. The first-order chi connectivity index (χ1) is 11.0. The first-order valence-corrected chi connectivity index (χ1v) is 8.05. The lowest BCUT2D eigenvalue weighted by Gasteiger charge is -2.17. The number of benzene rings is 2. The zero-order valence-corrected chi connectivity index (χ0v) is 14.2. The maximum absolute atomic E-state index is 13.8. The maximum Gasteiger partial charge on any atom is 0.419 e. The zero-order chi connectivity index (χ0) is 16.4. The highest BCUT2D eigenvalue weighted by Gasteiger charge is 2.11. The Bertz CT molecular complexity index is 888. The van der Waals surface area contributed by atoms with Crippen LogP contribution in [0.15, 0.2) is 56.1 Å². The Hall–Kier alpha value is -1.92. The van der Waals surface area contributed by atoms with E-state index in [9.17, 15) is 9.18 Å². The number of likely N-dealkylation sites (N-methyl/N-ethyl adjacent to an activating group) is 1. The molecule has 2 aromatic carbocycles. The van der Waals surface area contributed by atoms with Gasteiger partial charge in [-0.15, -0.1) is 0 Å². The van der Waals surface area contributed by atoms with Crippen LogP contribution < -0.4 is 5.76 Å². The Labute approximate surface area is 141 Å². The minimum absolute atomic E-state index is 0.231. The van der Waals surface area contributed by atoms with E-state index in [4.69, 9.17) is 4.42 Å². The lowest BCUT2D eigenvalue weighted by Crippen LogP contribution is -2.26. The van der Waals surface area contributed by atoms with Gasteiger partial charge in [-0.2, -0.15) is 0 Å². The van der Waals surface area contributed by atoms with E-state index < -0.39 is 0 Å². The molecule has 0 fully saturated rings. The van der Waals surface area contributed by atoms with Crippen LogP contribution in [-0.2, 0) is 13.1 Å². The van der Waals surface area contributed by atoms with E-state index in [1.807, 2.05) is 30.1 Å². The summed E-state index contributed by atoms with van der Waals surface area (Å²) >= 11 is 3.35. The Kier molecular flexibility index (Phi) is 4.63. The molecule has 1 heterocycles. The van der Waals surface area contributed by atoms with Crippen molar-refractivity contribution in [1.82, 2.24) is 9.47 Å². The molecule has 4 nitrogen and oxygen atoms in total. The third-order valence-corrected chi connectivity index (χ3v) is 4.22. The van der Waals surface area contributed by atoms with E-state index in [0.717, 1.165) is 9.99 Å². The monoisotopic (exact) mass is 378 g/mol. The first kappa shape index (κ1) is 16.0. The first-order valence-electron chi connectivity index (χ1n) is 7.25. The molecule has 0 aliphatic carbocycles. The van der Waals surface area contributed by atoms with E-state index in [0.29, 0.717) is 30.8 Å². The maximum atomic E-state index is 13.8. The van der Waals surface area contributed by atoms with Crippen LogP contribution in [0.25, 0.3) is 11.1 Å². The molecule has 0 saturated heterocycles. The van der Waals surface area contributed by atoms with Gasteiger partial charge in [0.25, 0.3) is 0 Å². The Morgan fingerprint density at radius 3 is 2.87 bits per heavy atom. The van der Waals surface area contributed by atoms with Crippen molar-refractivity contribution in [3.8, 4) is 0 Å². The molecule has 0 amide bonds. The van der Waals surface area contributed by atoms with Crippen molar-refractivity contribution < 1.29 is 8.81 Å². The van der Waals surface area contributed by atoms with E-state index in [2.05, 4.69) is 15.9 Å². The summed E-state index contributed by atoms with van der Waals surface area (Å²) in [5, 5.41) is 0. The molecule has 0 saturated carbocycles. The summed E-state index contributed by atoms with van der Waals surface area (Å²) in [5.74, 6) is -0.598. The highest BCUT2D eigenvalue weighted by molar-refractivity contribution is 9.10. The molecule has 0 unspecified atom stereocenters. The Balaban J connectivity index is 1.71. The van der Waals surface area contributed by atoms with Crippen LogP contribution >= 0.6 is 15.9 Å². The summed E-state index contributed by atoms with van der Waals surface area (Å²) in [6, 6.07) is 12.2. The molecule has 6 heteroatoms. The van der Waals surface area contributed by atoms with E-state index in [1.165, 1.54) is 6.07 Å². The second-order valence-electron chi connectivity index (χ2n) is 5.46. The van der Waals surface area contributed by atoms with Gasteiger partial charge in [-0.05, 0) is 37.4 Å². The summed E-state index contributed by atoms with van der Waals surface area (Å²) in [6.07, 6.45) is 0. The van der Waals surface area contributed by atoms with Crippen molar-refractivity contribution in [2.24, 2.45) is 0 Å². The molecule has 3 aromatic rings. The fourth-order valence-corrected chi connectivity index (χ4v) is 2.94. The number of nitrogens with zero attached hydrogens (tertiary/aromatic N) is 2. The third-order valence-electron chi connectivity index (χ3n) is 3.73.